The predicted molar refractivity (Wildman–Crippen MR) is 86.2 cm³/mol. The Bertz CT molecular complexity index is 798. The predicted octanol–water partition coefficient (Wildman–Crippen LogP) is 2.71. The smallest absolute Gasteiger partial charge is 0.371 e. The van der Waals surface area contributed by atoms with Gasteiger partial charge in [0.05, 0.1) is 0 Å². The summed E-state index contributed by atoms with van der Waals surface area (Å²) in [5, 5.41) is 5.37. The molecule has 3 aromatic rings. The lowest BCUT2D eigenvalue weighted by Gasteiger charge is -2.09. The van der Waals surface area contributed by atoms with Crippen molar-refractivity contribution in [1.82, 2.24) is 24.8 Å². The van der Waals surface area contributed by atoms with Crippen LogP contribution in [0.4, 0.5) is 19.0 Å². The number of halogens is 3. The van der Waals surface area contributed by atoms with Gasteiger partial charge in [0.1, 0.15) is 6.33 Å². The van der Waals surface area contributed by atoms with Gasteiger partial charge in [-0.25, -0.2) is 15.0 Å². The second-order valence-corrected chi connectivity index (χ2v) is 4.77. The van der Waals surface area contributed by atoms with Crippen molar-refractivity contribution in [2.75, 3.05) is 26.5 Å². The van der Waals surface area contributed by atoms with Gasteiger partial charge in [0.25, 0.3) is 0 Å². The maximum absolute atomic E-state index is 12.9. The topological polar surface area (TPSA) is 67.7 Å². The highest BCUT2D eigenvalue weighted by Gasteiger charge is 2.36. The van der Waals surface area contributed by atoms with Crippen molar-refractivity contribution in [3.63, 3.8) is 0 Å². The van der Waals surface area contributed by atoms with Crippen LogP contribution < -0.4 is 10.6 Å². The molecule has 0 aliphatic heterocycles. The van der Waals surface area contributed by atoms with Crippen LogP contribution in [0.2, 0.25) is 0 Å². The molecule has 6 nitrogen and oxygen atoms in total. The van der Waals surface area contributed by atoms with Crippen LogP contribution in [-0.2, 0) is 6.18 Å². The summed E-state index contributed by atoms with van der Waals surface area (Å²) in [6.07, 6.45) is -3.19. The van der Waals surface area contributed by atoms with Crippen molar-refractivity contribution in [2.24, 2.45) is 0 Å². The Morgan fingerprint density at radius 3 is 2.17 bits per heavy atom. The molecule has 0 aliphatic rings. The van der Waals surface area contributed by atoms with E-state index in [2.05, 4.69) is 25.6 Å². The average molecular weight is 338 g/mol. The summed E-state index contributed by atoms with van der Waals surface area (Å²) in [6, 6.07) is 8.90. The van der Waals surface area contributed by atoms with Crippen molar-refractivity contribution in [2.45, 2.75) is 6.18 Å². The van der Waals surface area contributed by atoms with Crippen LogP contribution in [-0.4, -0.2) is 40.7 Å². The first-order valence-corrected chi connectivity index (χ1v) is 7.06. The first kappa shape index (κ1) is 17.7. The summed E-state index contributed by atoms with van der Waals surface area (Å²) in [5.74, 6) is -1.15. The molecule has 2 heterocycles. The van der Waals surface area contributed by atoms with E-state index in [0.717, 1.165) is 0 Å². The third kappa shape index (κ3) is 3.62. The Labute approximate surface area is 136 Å². The standard InChI is InChI=1S/C13H10F3N5.C2H7N/c1-17-10-9-11(20-12(19-10)13(14,15)16)21(7-18-9)8-5-3-2-4-6-8;1-3-2/h2-7H,1H3,(H,17,19,20);3H,1-2H3. The number of fused-ring (bicyclic) bond motifs is 1. The summed E-state index contributed by atoms with van der Waals surface area (Å²) in [5.41, 5.74) is 1.07. The molecule has 0 amide bonds. The van der Waals surface area contributed by atoms with Gasteiger partial charge in [0.2, 0.25) is 5.82 Å². The van der Waals surface area contributed by atoms with Crippen LogP contribution in [0.3, 0.4) is 0 Å². The zero-order chi connectivity index (χ0) is 17.7. The Morgan fingerprint density at radius 2 is 1.62 bits per heavy atom. The molecule has 2 aromatic heterocycles. The van der Waals surface area contributed by atoms with Crippen LogP contribution in [0.1, 0.15) is 5.82 Å². The first-order chi connectivity index (χ1) is 11.4. The minimum atomic E-state index is -4.62. The zero-order valence-electron chi connectivity index (χ0n) is 13.4. The van der Waals surface area contributed by atoms with Gasteiger partial charge >= 0.3 is 6.18 Å². The van der Waals surface area contributed by atoms with E-state index in [9.17, 15) is 13.2 Å². The molecule has 9 heteroatoms. The van der Waals surface area contributed by atoms with E-state index in [4.69, 9.17) is 0 Å². The quantitative estimate of drug-likeness (QED) is 0.752. The molecule has 0 aliphatic carbocycles. The van der Waals surface area contributed by atoms with E-state index in [1.165, 1.54) is 17.9 Å². The maximum Gasteiger partial charge on any atom is 0.451 e. The molecule has 0 saturated carbocycles. The van der Waals surface area contributed by atoms with Crippen LogP contribution in [0, 0.1) is 0 Å². The number of hydrogen-bond donors (Lipinski definition) is 2. The number of benzene rings is 1. The first-order valence-electron chi connectivity index (χ1n) is 7.06. The lowest BCUT2D eigenvalue weighted by atomic mass is 10.3. The summed E-state index contributed by atoms with van der Waals surface area (Å²) in [7, 11) is 5.24. The molecule has 0 radical (unpaired) electrons. The second-order valence-electron chi connectivity index (χ2n) is 4.77. The summed E-state index contributed by atoms with van der Waals surface area (Å²) in [4.78, 5) is 11.2. The van der Waals surface area contributed by atoms with Crippen molar-refractivity contribution in [1.29, 1.82) is 0 Å². The van der Waals surface area contributed by atoms with Crippen LogP contribution in [0.15, 0.2) is 36.7 Å². The molecular formula is C15H17F3N6. The number of anilines is 1. The molecule has 128 valence electrons. The molecular weight excluding hydrogens is 321 g/mol. The molecule has 0 spiro atoms. The van der Waals surface area contributed by atoms with Crippen molar-refractivity contribution < 1.29 is 13.2 Å². The van der Waals surface area contributed by atoms with E-state index in [1.807, 2.05) is 20.2 Å². The fourth-order valence-corrected chi connectivity index (χ4v) is 1.98. The highest BCUT2D eigenvalue weighted by molar-refractivity contribution is 5.84. The number of alkyl halides is 3. The van der Waals surface area contributed by atoms with E-state index < -0.39 is 12.0 Å². The van der Waals surface area contributed by atoms with Gasteiger partial charge in [0.15, 0.2) is 17.0 Å². The largest absolute Gasteiger partial charge is 0.451 e. The van der Waals surface area contributed by atoms with Crippen molar-refractivity contribution >= 4 is 17.0 Å². The number of rotatable bonds is 2. The number of para-hydroxylation sites is 1. The number of nitrogens with zero attached hydrogens (tertiary/aromatic N) is 4. The molecule has 24 heavy (non-hydrogen) atoms. The lowest BCUT2D eigenvalue weighted by molar-refractivity contribution is -0.144. The van der Waals surface area contributed by atoms with Gasteiger partial charge in [-0.15, -0.1) is 0 Å². The number of aromatic nitrogens is 4. The van der Waals surface area contributed by atoms with Gasteiger partial charge in [-0.05, 0) is 26.2 Å². The normalized spacial score (nSPS) is 11.1. The highest BCUT2D eigenvalue weighted by atomic mass is 19.4. The molecule has 0 bridgehead atoms. The van der Waals surface area contributed by atoms with E-state index in [0.29, 0.717) is 5.69 Å². The fourth-order valence-electron chi connectivity index (χ4n) is 1.98. The molecule has 0 fully saturated rings. The van der Waals surface area contributed by atoms with Crippen LogP contribution >= 0.6 is 0 Å². The SMILES string of the molecule is CNC.CNc1nc(C(F)(F)F)nc2c1ncn2-c1ccccc1. The minimum absolute atomic E-state index is 0.0435. The molecule has 3 rings (SSSR count). The van der Waals surface area contributed by atoms with Gasteiger partial charge in [-0.1, -0.05) is 18.2 Å². The molecule has 0 atom stereocenters. The van der Waals surface area contributed by atoms with Gasteiger partial charge in [-0.2, -0.15) is 13.2 Å². The van der Waals surface area contributed by atoms with Crippen LogP contribution in [0.5, 0.6) is 0 Å². The van der Waals surface area contributed by atoms with Gasteiger partial charge in [0, 0.05) is 12.7 Å². The van der Waals surface area contributed by atoms with Crippen molar-refractivity contribution in [3.05, 3.63) is 42.5 Å². The lowest BCUT2D eigenvalue weighted by Crippen LogP contribution is -2.13. The highest BCUT2D eigenvalue weighted by Crippen LogP contribution is 2.30. The van der Waals surface area contributed by atoms with Gasteiger partial charge in [-0.3, -0.25) is 4.57 Å². The molecule has 2 N–H and O–H groups in total. The molecule has 0 saturated heterocycles. The van der Waals surface area contributed by atoms with E-state index >= 15 is 0 Å². The Hall–Kier alpha value is -2.68. The Morgan fingerprint density at radius 1 is 1.00 bits per heavy atom. The third-order valence-electron chi connectivity index (χ3n) is 2.92. The molecule has 0 unspecified atom stereocenters. The zero-order valence-corrected chi connectivity index (χ0v) is 13.4. The van der Waals surface area contributed by atoms with Crippen LogP contribution in [0.25, 0.3) is 16.9 Å². The monoisotopic (exact) mass is 338 g/mol. The van der Waals surface area contributed by atoms with E-state index in [1.54, 1.807) is 24.3 Å². The van der Waals surface area contributed by atoms with Gasteiger partial charge < -0.3 is 10.6 Å². The summed E-state index contributed by atoms with van der Waals surface area (Å²) < 4.78 is 40.2. The Balaban J connectivity index is 0.000000647. The minimum Gasteiger partial charge on any atom is -0.371 e. The molecule has 1 aromatic carbocycles. The Kier molecular flexibility index (Phi) is 5.35. The fraction of sp³-hybridized carbons (Fsp3) is 0.267. The summed E-state index contributed by atoms with van der Waals surface area (Å²) >= 11 is 0. The average Bonchev–Trinajstić information content (AvgIpc) is 2.98. The maximum atomic E-state index is 12.9. The number of hydrogen-bond acceptors (Lipinski definition) is 5. The number of imidazole rings is 1. The van der Waals surface area contributed by atoms with E-state index in [-0.39, 0.29) is 17.0 Å². The third-order valence-corrected chi connectivity index (χ3v) is 2.92. The number of nitrogens with one attached hydrogen (secondary N) is 2. The summed E-state index contributed by atoms with van der Waals surface area (Å²) in [6.45, 7) is 0. The second kappa shape index (κ2) is 7.26. The van der Waals surface area contributed by atoms with Crippen molar-refractivity contribution in [3.8, 4) is 5.69 Å².